The van der Waals surface area contributed by atoms with Gasteiger partial charge in [0.2, 0.25) is 0 Å². The molecule has 1 aliphatic heterocycles. The van der Waals surface area contributed by atoms with E-state index in [4.69, 9.17) is 4.74 Å². The summed E-state index contributed by atoms with van der Waals surface area (Å²) in [6.07, 6.45) is -0.311. The van der Waals surface area contributed by atoms with Crippen molar-refractivity contribution in [1.29, 1.82) is 0 Å². The maximum absolute atomic E-state index is 13.4. The lowest BCUT2D eigenvalue weighted by atomic mass is 10.2. The van der Waals surface area contributed by atoms with Crippen molar-refractivity contribution in [2.24, 2.45) is 0 Å². The van der Waals surface area contributed by atoms with Crippen LogP contribution in [-0.4, -0.2) is 38.4 Å². The molecule has 154 valence electrons. The Morgan fingerprint density at radius 2 is 2.03 bits per heavy atom. The first-order valence-electron chi connectivity index (χ1n) is 9.07. The second kappa shape index (κ2) is 8.08. The van der Waals surface area contributed by atoms with Crippen LogP contribution in [0.4, 0.5) is 11.4 Å². The molecule has 1 amide bonds. The SMILES string of the molecule is CCCNC(=O)C1CN(S(=O)(=O)c2cc([N+](=O)[O-])ccc2C)c2ccccc2O1. The number of nitrogens with one attached hydrogen (secondary N) is 1. The molecule has 0 fully saturated rings. The molecule has 2 aromatic carbocycles. The maximum atomic E-state index is 13.4. The van der Waals surface area contributed by atoms with Crippen LogP contribution in [0.15, 0.2) is 47.4 Å². The van der Waals surface area contributed by atoms with Gasteiger partial charge in [-0.3, -0.25) is 19.2 Å². The number of carbonyl (C=O) groups excluding carboxylic acids is 1. The summed E-state index contributed by atoms with van der Waals surface area (Å²) in [6, 6.07) is 10.2. The van der Waals surface area contributed by atoms with Crippen LogP contribution in [0, 0.1) is 17.0 Å². The molecule has 0 bridgehead atoms. The third-order valence-corrected chi connectivity index (χ3v) is 6.45. The van der Waals surface area contributed by atoms with Gasteiger partial charge in [0.05, 0.1) is 22.1 Å². The minimum atomic E-state index is -4.18. The van der Waals surface area contributed by atoms with Crippen molar-refractivity contribution in [3.63, 3.8) is 0 Å². The van der Waals surface area contributed by atoms with Gasteiger partial charge in [-0.15, -0.1) is 0 Å². The van der Waals surface area contributed by atoms with E-state index in [1.54, 1.807) is 31.2 Å². The van der Waals surface area contributed by atoms with Gasteiger partial charge in [-0.2, -0.15) is 0 Å². The summed E-state index contributed by atoms with van der Waals surface area (Å²) >= 11 is 0. The number of aryl methyl sites for hydroxylation is 1. The lowest BCUT2D eigenvalue weighted by Gasteiger charge is -2.35. The average molecular weight is 419 g/mol. The third-order valence-electron chi connectivity index (χ3n) is 4.53. The maximum Gasteiger partial charge on any atom is 0.270 e. The number of benzene rings is 2. The second-order valence-corrected chi connectivity index (χ2v) is 8.44. The number of ether oxygens (including phenoxy) is 1. The normalized spacial score (nSPS) is 15.9. The van der Waals surface area contributed by atoms with E-state index in [2.05, 4.69) is 5.32 Å². The van der Waals surface area contributed by atoms with Gasteiger partial charge in [-0.05, 0) is 31.0 Å². The molecule has 10 heteroatoms. The summed E-state index contributed by atoms with van der Waals surface area (Å²) in [5, 5.41) is 13.8. The fourth-order valence-corrected chi connectivity index (χ4v) is 4.75. The molecule has 0 radical (unpaired) electrons. The molecule has 1 N–H and O–H groups in total. The zero-order valence-corrected chi connectivity index (χ0v) is 16.8. The first-order chi connectivity index (χ1) is 13.8. The van der Waals surface area contributed by atoms with Gasteiger partial charge in [0.25, 0.3) is 21.6 Å². The Morgan fingerprint density at radius 3 is 2.72 bits per heavy atom. The Labute approximate surface area is 168 Å². The van der Waals surface area contributed by atoms with Crippen molar-refractivity contribution in [2.75, 3.05) is 17.4 Å². The van der Waals surface area contributed by atoms with Crippen molar-refractivity contribution in [1.82, 2.24) is 5.32 Å². The van der Waals surface area contributed by atoms with Crippen LogP contribution in [0.25, 0.3) is 0 Å². The zero-order chi connectivity index (χ0) is 21.2. The number of carbonyl (C=O) groups is 1. The summed E-state index contributed by atoms with van der Waals surface area (Å²) in [6.45, 7) is 3.67. The number of anilines is 1. The third kappa shape index (κ3) is 4.02. The minimum Gasteiger partial charge on any atom is -0.476 e. The molecule has 3 rings (SSSR count). The summed E-state index contributed by atoms with van der Waals surface area (Å²) in [4.78, 5) is 22.7. The van der Waals surface area contributed by atoms with E-state index in [0.717, 1.165) is 16.8 Å². The number of nitro benzene ring substituents is 1. The monoisotopic (exact) mass is 419 g/mol. The van der Waals surface area contributed by atoms with Crippen LogP contribution < -0.4 is 14.4 Å². The second-order valence-electron chi connectivity index (χ2n) is 6.61. The Kier molecular flexibility index (Phi) is 5.73. The van der Waals surface area contributed by atoms with Gasteiger partial charge >= 0.3 is 0 Å². The van der Waals surface area contributed by atoms with Gasteiger partial charge < -0.3 is 10.1 Å². The summed E-state index contributed by atoms with van der Waals surface area (Å²) in [7, 11) is -4.18. The lowest BCUT2D eigenvalue weighted by Crippen LogP contribution is -2.50. The molecule has 1 heterocycles. The number of hydrogen-bond donors (Lipinski definition) is 1. The Bertz CT molecular complexity index is 1050. The number of rotatable bonds is 6. The van der Waals surface area contributed by atoms with Crippen molar-refractivity contribution >= 4 is 27.3 Å². The van der Waals surface area contributed by atoms with E-state index in [1.807, 2.05) is 6.92 Å². The van der Waals surface area contributed by atoms with E-state index in [0.29, 0.717) is 12.1 Å². The standard InChI is InChI=1S/C19H21N3O6S/c1-3-10-20-19(23)17-12-21(15-6-4-5-7-16(15)28-17)29(26,27)18-11-14(22(24)25)9-8-13(18)2/h4-9,11,17H,3,10,12H2,1-2H3,(H,20,23). The Hall–Kier alpha value is -3.14. The van der Waals surface area contributed by atoms with E-state index < -0.39 is 27.0 Å². The number of nitrogens with zero attached hydrogens (tertiary/aromatic N) is 2. The summed E-state index contributed by atoms with van der Waals surface area (Å²) < 4.78 is 33.7. The van der Waals surface area contributed by atoms with Crippen LogP contribution in [0.5, 0.6) is 5.75 Å². The highest BCUT2D eigenvalue weighted by Gasteiger charge is 2.38. The predicted molar refractivity (Wildman–Crippen MR) is 107 cm³/mol. The molecule has 29 heavy (non-hydrogen) atoms. The molecule has 0 saturated heterocycles. The summed E-state index contributed by atoms with van der Waals surface area (Å²) in [5.41, 5.74) is 0.317. The topological polar surface area (TPSA) is 119 Å². The molecule has 0 aromatic heterocycles. The van der Waals surface area contributed by atoms with Crippen LogP contribution in [0.3, 0.4) is 0 Å². The van der Waals surface area contributed by atoms with E-state index >= 15 is 0 Å². The fourth-order valence-electron chi connectivity index (χ4n) is 3.03. The van der Waals surface area contributed by atoms with E-state index in [1.165, 1.54) is 12.1 Å². The van der Waals surface area contributed by atoms with Crippen molar-refractivity contribution < 1.29 is 22.9 Å². The molecule has 0 saturated carbocycles. The number of fused-ring (bicyclic) bond motifs is 1. The van der Waals surface area contributed by atoms with Crippen LogP contribution in [-0.2, 0) is 14.8 Å². The number of para-hydroxylation sites is 2. The highest BCUT2D eigenvalue weighted by molar-refractivity contribution is 7.93. The summed E-state index contributed by atoms with van der Waals surface area (Å²) in [5.74, 6) is -0.167. The average Bonchev–Trinajstić information content (AvgIpc) is 2.71. The van der Waals surface area contributed by atoms with Gasteiger partial charge in [0.1, 0.15) is 5.75 Å². The van der Waals surface area contributed by atoms with Crippen LogP contribution in [0.2, 0.25) is 0 Å². The number of hydrogen-bond acceptors (Lipinski definition) is 6. The molecular weight excluding hydrogens is 398 g/mol. The smallest absolute Gasteiger partial charge is 0.270 e. The first-order valence-corrected chi connectivity index (χ1v) is 10.5. The van der Waals surface area contributed by atoms with Crippen molar-refractivity contribution in [3.8, 4) is 5.75 Å². The predicted octanol–water partition coefficient (Wildman–Crippen LogP) is 2.39. The van der Waals surface area contributed by atoms with Gasteiger partial charge in [-0.25, -0.2) is 8.42 Å². The zero-order valence-electron chi connectivity index (χ0n) is 16.0. The molecule has 0 aliphatic carbocycles. The minimum absolute atomic E-state index is 0.184. The Balaban J connectivity index is 2.07. The molecular formula is C19H21N3O6S. The van der Waals surface area contributed by atoms with Gasteiger partial charge in [0, 0.05) is 18.7 Å². The Morgan fingerprint density at radius 1 is 1.31 bits per heavy atom. The molecule has 9 nitrogen and oxygen atoms in total. The first kappa shape index (κ1) is 20.6. The van der Waals surface area contributed by atoms with Gasteiger partial charge in [0.15, 0.2) is 6.10 Å². The molecule has 1 aliphatic rings. The number of amides is 1. The lowest BCUT2D eigenvalue weighted by molar-refractivity contribution is -0.385. The molecule has 1 atom stereocenters. The number of nitro groups is 1. The molecule has 2 aromatic rings. The number of non-ortho nitro benzene ring substituents is 1. The quantitative estimate of drug-likeness (QED) is 0.567. The fraction of sp³-hybridized carbons (Fsp3) is 0.316. The van der Waals surface area contributed by atoms with Crippen LogP contribution in [0.1, 0.15) is 18.9 Å². The van der Waals surface area contributed by atoms with Crippen molar-refractivity contribution in [3.05, 3.63) is 58.1 Å². The number of sulfonamides is 1. The largest absolute Gasteiger partial charge is 0.476 e. The van der Waals surface area contributed by atoms with E-state index in [9.17, 15) is 23.3 Å². The molecule has 1 unspecified atom stereocenters. The van der Waals surface area contributed by atoms with E-state index in [-0.39, 0.29) is 28.6 Å². The van der Waals surface area contributed by atoms with Gasteiger partial charge in [-0.1, -0.05) is 25.1 Å². The van der Waals surface area contributed by atoms with Crippen LogP contribution >= 0.6 is 0 Å². The van der Waals surface area contributed by atoms with Crippen molar-refractivity contribution in [2.45, 2.75) is 31.3 Å². The highest BCUT2D eigenvalue weighted by atomic mass is 32.2. The highest BCUT2D eigenvalue weighted by Crippen LogP contribution is 2.37. The molecule has 0 spiro atoms.